The Morgan fingerprint density at radius 1 is 1.07 bits per heavy atom. The fourth-order valence-corrected chi connectivity index (χ4v) is 3.88. The molecule has 0 unspecified atom stereocenters. The molecule has 3 rings (SSSR count). The number of amides is 1. The summed E-state index contributed by atoms with van der Waals surface area (Å²) in [4.78, 5) is 12.5. The fraction of sp³-hybridized carbons (Fsp3) is 0.318. The number of aryl methyl sites for hydroxylation is 1. The molecule has 0 aliphatic carbocycles. The van der Waals surface area contributed by atoms with E-state index in [1.54, 1.807) is 0 Å². The summed E-state index contributed by atoms with van der Waals surface area (Å²) in [5.41, 5.74) is 3.38. The number of thioether (sulfide) groups is 1. The lowest BCUT2D eigenvalue weighted by Crippen LogP contribution is -2.29. The third kappa shape index (κ3) is 4.81. The number of carbonyl (C=O) groups excluding carboxylic acids is 1. The van der Waals surface area contributed by atoms with Crippen molar-refractivity contribution in [2.75, 3.05) is 5.75 Å². The topological polar surface area (TPSA) is 59.8 Å². The number of nitrogens with one attached hydrogen (secondary N) is 1. The summed E-state index contributed by atoms with van der Waals surface area (Å²) in [6.45, 7) is 6.96. The van der Waals surface area contributed by atoms with E-state index in [9.17, 15) is 4.79 Å². The van der Waals surface area contributed by atoms with Crippen LogP contribution in [-0.4, -0.2) is 26.4 Å². The number of hydrogen-bond acceptors (Lipinski definition) is 4. The van der Waals surface area contributed by atoms with Crippen LogP contribution in [0, 0.1) is 6.92 Å². The normalized spacial score (nSPS) is 12.0. The van der Waals surface area contributed by atoms with Crippen LogP contribution in [0.25, 0.3) is 11.4 Å². The third-order valence-corrected chi connectivity index (χ3v) is 5.59. The number of hydrogen-bond donors (Lipinski definition) is 1. The first-order chi connectivity index (χ1) is 13.6. The van der Waals surface area contributed by atoms with Crippen LogP contribution in [0.1, 0.15) is 37.4 Å². The molecule has 0 aliphatic heterocycles. The van der Waals surface area contributed by atoms with Gasteiger partial charge in [0.05, 0.1) is 11.8 Å². The average molecular weight is 395 g/mol. The van der Waals surface area contributed by atoms with E-state index in [0.717, 1.165) is 35.1 Å². The van der Waals surface area contributed by atoms with Crippen molar-refractivity contribution in [3.63, 3.8) is 0 Å². The Labute approximate surface area is 170 Å². The second-order valence-corrected chi connectivity index (χ2v) is 7.59. The summed E-state index contributed by atoms with van der Waals surface area (Å²) in [5, 5.41) is 12.5. The highest BCUT2D eigenvalue weighted by atomic mass is 32.2. The molecule has 2 aromatic carbocycles. The molecule has 1 amide bonds. The first-order valence-electron chi connectivity index (χ1n) is 9.59. The molecule has 6 heteroatoms. The van der Waals surface area contributed by atoms with Crippen molar-refractivity contribution >= 4 is 17.7 Å². The van der Waals surface area contributed by atoms with Crippen LogP contribution >= 0.6 is 11.8 Å². The molecule has 0 aliphatic rings. The van der Waals surface area contributed by atoms with E-state index in [-0.39, 0.29) is 11.9 Å². The number of rotatable bonds is 8. The van der Waals surface area contributed by atoms with Crippen LogP contribution in [0.3, 0.4) is 0 Å². The SMILES string of the molecule is CC[C@H](NC(=O)CSc1nnc(-c2ccccc2)n1CC)c1ccc(C)cc1. The Balaban J connectivity index is 1.64. The maximum Gasteiger partial charge on any atom is 0.230 e. The molecular weight excluding hydrogens is 368 g/mol. The largest absolute Gasteiger partial charge is 0.349 e. The van der Waals surface area contributed by atoms with Crippen molar-refractivity contribution in [3.05, 3.63) is 65.7 Å². The minimum absolute atomic E-state index is 0.00402. The molecule has 1 heterocycles. The molecule has 0 radical (unpaired) electrons. The second-order valence-electron chi connectivity index (χ2n) is 6.64. The van der Waals surface area contributed by atoms with Crippen LogP contribution in [0.15, 0.2) is 59.8 Å². The Morgan fingerprint density at radius 2 is 1.79 bits per heavy atom. The van der Waals surface area contributed by atoms with E-state index < -0.39 is 0 Å². The predicted molar refractivity (Wildman–Crippen MR) is 114 cm³/mol. The van der Waals surface area contributed by atoms with Crippen molar-refractivity contribution < 1.29 is 4.79 Å². The molecule has 1 N–H and O–H groups in total. The monoisotopic (exact) mass is 394 g/mol. The van der Waals surface area contributed by atoms with Gasteiger partial charge in [0.15, 0.2) is 11.0 Å². The van der Waals surface area contributed by atoms with Crippen LogP contribution in [0.2, 0.25) is 0 Å². The predicted octanol–water partition coefficient (Wildman–Crippen LogP) is 4.63. The van der Waals surface area contributed by atoms with Gasteiger partial charge in [-0.1, -0.05) is 78.8 Å². The Hall–Kier alpha value is -2.60. The van der Waals surface area contributed by atoms with E-state index in [2.05, 4.69) is 60.6 Å². The van der Waals surface area contributed by atoms with E-state index in [1.165, 1.54) is 17.3 Å². The van der Waals surface area contributed by atoms with E-state index in [4.69, 9.17) is 0 Å². The van der Waals surface area contributed by atoms with Gasteiger partial charge in [-0.25, -0.2) is 0 Å². The van der Waals surface area contributed by atoms with Gasteiger partial charge in [0.1, 0.15) is 0 Å². The quantitative estimate of drug-likeness (QED) is 0.566. The zero-order valence-electron chi connectivity index (χ0n) is 16.6. The highest BCUT2D eigenvalue weighted by Crippen LogP contribution is 2.24. The number of carbonyl (C=O) groups is 1. The summed E-state index contributed by atoms with van der Waals surface area (Å²) in [7, 11) is 0. The molecule has 1 atom stereocenters. The maximum atomic E-state index is 12.5. The number of aromatic nitrogens is 3. The van der Waals surface area contributed by atoms with E-state index >= 15 is 0 Å². The highest BCUT2D eigenvalue weighted by molar-refractivity contribution is 7.99. The fourth-order valence-electron chi connectivity index (χ4n) is 3.07. The molecule has 146 valence electrons. The molecule has 0 saturated carbocycles. The second kappa shape index (κ2) is 9.55. The van der Waals surface area contributed by atoms with Gasteiger partial charge in [-0.05, 0) is 25.8 Å². The average Bonchev–Trinajstić information content (AvgIpc) is 3.15. The van der Waals surface area contributed by atoms with Gasteiger partial charge in [-0.3, -0.25) is 4.79 Å². The van der Waals surface area contributed by atoms with Crippen LogP contribution in [0.5, 0.6) is 0 Å². The Kier molecular flexibility index (Phi) is 6.87. The van der Waals surface area contributed by atoms with Gasteiger partial charge in [0.25, 0.3) is 0 Å². The van der Waals surface area contributed by atoms with Crippen molar-refractivity contribution in [1.82, 2.24) is 20.1 Å². The molecule has 0 fully saturated rings. The first kappa shape index (κ1) is 20.1. The van der Waals surface area contributed by atoms with Gasteiger partial charge in [0, 0.05) is 12.1 Å². The lowest BCUT2D eigenvalue weighted by atomic mass is 10.0. The van der Waals surface area contributed by atoms with Gasteiger partial charge in [0.2, 0.25) is 5.91 Å². The number of nitrogens with zero attached hydrogens (tertiary/aromatic N) is 3. The molecule has 0 spiro atoms. The van der Waals surface area contributed by atoms with Crippen molar-refractivity contribution in [3.8, 4) is 11.4 Å². The van der Waals surface area contributed by atoms with Gasteiger partial charge >= 0.3 is 0 Å². The zero-order valence-corrected chi connectivity index (χ0v) is 17.4. The molecule has 1 aromatic heterocycles. The minimum atomic E-state index is 0.00402. The lowest BCUT2D eigenvalue weighted by molar-refractivity contribution is -0.119. The molecule has 5 nitrogen and oxygen atoms in total. The number of benzene rings is 2. The Morgan fingerprint density at radius 3 is 2.43 bits per heavy atom. The maximum absolute atomic E-state index is 12.5. The van der Waals surface area contributed by atoms with Crippen LogP contribution in [0.4, 0.5) is 0 Å². The summed E-state index contributed by atoms with van der Waals surface area (Å²) >= 11 is 1.42. The summed E-state index contributed by atoms with van der Waals surface area (Å²) in [6, 6.07) is 18.3. The van der Waals surface area contributed by atoms with Gasteiger partial charge in [-0.15, -0.1) is 10.2 Å². The van der Waals surface area contributed by atoms with Crippen molar-refractivity contribution in [2.45, 2.75) is 44.9 Å². The van der Waals surface area contributed by atoms with Gasteiger partial charge < -0.3 is 9.88 Å². The smallest absolute Gasteiger partial charge is 0.230 e. The lowest BCUT2D eigenvalue weighted by Gasteiger charge is -2.17. The van der Waals surface area contributed by atoms with Crippen molar-refractivity contribution in [2.24, 2.45) is 0 Å². The molecule has 28 heavy (non-hydrogen) atoms. The van der Waals surface area contributed by atoms with Crippen LogP contribution < -0.4 is 5.32 Å². The molecule has 3 aromatic rings. The summed E-state index contributed by atoms with van der Waals surface area (Å²) in [5.74, 6) is 1.15. The van der Waals surface area contributed by atoms with E-state index in [0.29, 0.717) is 5.75 Å². The zero-order chi connectivity index (χ0) is 19.9. The highest BCUT2D eigenvalue weighted by Gasteiger charge is 2.16. The summed E-state index contributed by atoms with van der Waals surface area (Å²) in [6.07, 6.45) is 0.850. The molecule has 0 saturated heterocycles. The Bertz CT molecular complexity index is 906. The van der Waals surface area contributed by atoms with Crippen molar-refractivity contribution in [1.29, 1.82) is 0 Å². The standard InChI is InChI=1S/C22H26N4OS/c1-4-19(17-13-11-16(3)12-14-17)23-20(27)15-28-22-25-24-21(26(22)5-2)18-9-7-6-8-10-18/h6-14,19H,4-5,15H2,1-3H3,(H,23,27)/t19-/m0/s1. The van der Waals surface area contributed by atoms with Gasteiger partial charge in [-0.2, -0.15) is 0 Å². The third-order valence-electron chi connectivity index (χ3n) is 4.62. The molecular formula is C22H26N4OS. The van der Waals surface area contributed by atoms with E-state index in [1.807, 2.05) is 34.9 Å². The summed E-state index contributed by atoms with van der Waals surface area (Å²) < 4.78 is 2.05. The first-order valence-corrected chi connectivity index (χ1v) is 10.6. The van der Waals surface area contributed by atoms with Crippen LogP contribution in [-0.2, 0) is 11.3 Å². The molecule has 0 bridgehead atoms. The minimum Gasteiger partial charge on any atom is -0.349 e.